The highest BCUT2D eigenvalue weighted by molar-refractivity contribution is 6.31. The number of rotatable bonds is 8. The molecule has 0 saturated carbocycles. The van der Waals surface area contributed by atoms with Gasteiger partial charge in [-0.15, -0.1) is 0 Å². The molecule has 5 rings (SSSR count). The predicted octanol–water partition coefficient (Wildman–Crippen LogP) is 3.95. The standard InChI is InChI=1S/C26H30ClN5O3/c1-34-25-5-3-2-4-24(25)31-14-12-30(13-15-31)17-20-18-32(26(33)35-20)11-10-29-22-8-9-28-23-16-19(27)6-7-21(22)23/h2-9,16,20H,10-15,17-18H2,1H3,(H,28,29). The summed E-state index contributed by atoms with van der Waals surface area (Å²) in [5.41, 5.74) is 2.95. The molecule has 35 heavy (non-hydrogen) atoms. The van der Waals surface area contributed by atoms with Gasteiger partial charge in [-0.1, -0.05) is 23.7 Å². The number of carbonyl (C=O) groups excluding carboxylic acids is 1. The summed E-state index contributed by atoms with van der Waals surface area (Å²) < 4.78 is 11.2. The number of hydrogen-bond donors (Lipinski definition) is 1. The Labute approximate surface area is 210 Å². The quantitative estimate of drug-likeness (QED) is 0.507. The maximum Gasteiger partial charge on any atom is 0.410 e. The van der Waals surface area contributed by atoms with Crippen molar-refractivity contribution >= 4 is 40.0 Å². The van der Waals surface area contributed by atoms with Crippen LogP contribution in [0, 0.1) is 0 Å². The Morgan fingerprint density at radius 3 is 2.80 bits per heavy atom. The molecule has 1 N–H and O–H groups in total. The number of cyclic esters (lactones) is 1. The molecule has 2 saturated heterocycles. The van der Waals surface area contributed by atoms with Crippen molar-refractivity contribution in [2.75, 3.05) is 69.7 Å². The number of anilines is 2. The molecule has 9 heteroatoms. The number of methoxy groups -OCH3 is 1. The fraction of sp³-hybridized carbons (Fsp3) is 0.385. The number of benzene rings is 2. The molecule has 0 aliphatic carbocycles. The molecule has 2 aliphatic heterocycles. The summed E-state index contributed by atoms with van der Waals surface area (Å²) in [6, 6.07) is 15.7. The van der Waals surface area contributed by atoms with Crippen LogP contribution >= 0.6 is 11.6 Å². The Hall–Kier alpha value is -3.23. The highest BCUT2D eigenvalue weighted by Crippen LogP contribution is 2.28. The third kappa shape index (κ3) is 5.39. The zero-order valence-corrected chi connectivity index (χ0v) is 20.6. The molecule has 2 fully saturated rings. The fourth-order valence-electron chi connectivity index (χ4n) is 4.80. The van der Waals surface area contributed by atoms with Gasteiger partial charge in [-0.25, -0.2) is 4.79 Å². The van der Waals surface area contributed by atoms with E-state index < -0.39 is 0 Å². The largest absolute Gasteiger partial charge is 0.495 e. The summed E-state index contributed by atoms with van der Waals surface area (Å²) in [6.07, 6.45) is 1.41. The number of para-hydroxylation sites is 2. The second-order valence-electron chi connectivity index (χ2n) is 8.86. The minimum absolute atomic E-state index is 0.107. The number of nitrogens with one attached hydrogen (secondary N) is 1. The molecular weight excluding hydrogens is 466 g/mol. The highest BCUT2D eigenvalue weighted by Gasteiger charge is 2.33. The van der Waals surface area contributed by atoms with Gasteiger partial charge in [0.2, 0.25) is 0 Å². The SMILES string of the molecule is COc1ccccc1N1CCN(CC2CN(CCNc3ccnc4cc(Cl)ccc34)C(=O)O2)CC1. The van der Waals surface area contributed by atoms with E-state index in [0.717, 1.165) is 60.8 Å². The predicted molar refractivity (Wildman–Crippen MR) is 139 cm³/mol. The molecule has 0 spiro atoms. The normalized spacial score (nSPS) is 18.7. The summed E-state index contributed by atoms with van der Waals surface area (Å²) in [6.45, 7) is 6.25. The number of ether oxygens (including phenoxy) is 2. The smallest absolute Gasteiger partial charge is 0.410 e. The topological polar surface area (TPSA) is 70.2 Å². The first-order valence-corrected chi connectivity index (χ1v) is 12.3. The van der Waals surface area contributed by atoms with Gasteiger partial charge in [0.1, 0.15) is 11.9 Å². The average Bonchev–Trinajstić information content (AvgIpc) is 3.22. The highest BCUT2D eigenvalue weighted by atomic mass is 35.5. The Kier molecular flexibility index (Phi) is 7.11. The summed E-state index contributed by atoms with van der Waals surface area (Å²) in [4.78, 5) is 23.3. The first-order chi connectivity index (χ1) is 17.1. The summed E-state index contributed by atoms with van der Waals surface area (Å²) in [7, 11) is 1.71. The Balaban J connectivity index is 1.09. The van der Waals surface area contributed by atoms with Crippen LogP contribution < -0.4 is 15.0 Å². The number of piperazine rings is 1. The lowest BCUT2D eigenvalue weighted by Gasteiger charge is -2.37. The number of hydrogen-bond acceptors (Lipinski definition) is 7. The maximum atomic E-state index is 12.4. The first-order valence-electron chi connectivity index (χ1n) is 11.9. The van der Waals surface area contributed by atoms with Crippen LogP contribution in [0.4, 0.5) is 16.2 Å². The van der Waals surface area contributed by atoms with Crippen molar-refractivity contribution in [3.63, 3.8) is 0 Å². The van der Waals surface area contributed by atoms with Crippen molar-refractivity contribution in [1.29, 1.82) is 0 Å². The van der Waals surface area contributed by atoms with Crippen molar-refractivity contribution < 1.29 is 14.3 Å². The van der Waals surface area contributed by atoms with E-state index in [-0.39, 0.29) is 12.2 Å². The summed E-state index contributed by atoms with van der Waals surface area (Å²) >= 11 is 6.08. The van der Waals surface area contributed by atoms with Gasteiger partial charge in [0, 0.05) is 68.1 Å². The molecule has 0 bridgehead atoms. The molecule has 1 unspecified atom stereocenters. The molecule has 2 aliphatic rings. The Morgan fingerprint density at radius 2 is 1.97 bits per heavy atom. The number of carbonyl (C=O) groups is 1. The molecule has 3 aromatic rings. The minimum atomic E-state index is -0.240. The molecule has 1 atom stereocenters. The number of aromatic nitrogens is 1. The monoisotopic (exact) mass is 495 g/mol. The molecule has 0 radical (unpaired) electrons. The van der Waals surface area contributed by atoms with E-state index in [1.54, 1.807) is 18.2 Å². The van der Waals surface area contributed by atoms with E-state index in [1.807, 2.05) is 42.5 Å². The van der Waals surface area contributed by atoms with Crippen LogP contribution in [0.2, 0.25) is 5.02 Å². The number of halogens is 1. The molecule has 8 nitrogen and oxygen atoms in total. The van der Waals surface area contributed by atoms with Gasteiger partial charge < -0.3 is 24.6 Å². The lowest BCUT2D eigenvalue weighted by molar-refractivity contribution is 0.104. The summed E-state index contributed by atoms with van der Waals surface area (Å²) in [5, 5.41) is 5.09. The lowest BCUT2D eigenvalue weighted by Crippen LogP contribution is -2.49. The van der Waals surface area contributed by atoms with Gasteiger partial charge in [0.05, 0.1) is 24.9 Å². The van der Waals surface area contributed by atoms with Crippen LogP contribution in [0.15, 0.2) is 54.7 Å². The molecule has 1 aromatic heterocycles. The molecule has 184 valence electrons. The number of pyridine rings is 1. The van der Waals surface area contributed by atoms with Gasteiger partial charge in [0.15, 0.2) is 0 Å². The van der Waals surface area contributed by atoms with E-state index >= 15 is 0 Å². The Bertz CT molecular complexity index is 1180. The van der Waals surface area contributed by atoms with Crippen molar-refractivity contribution in [1.82, 2.24) is 14.8 Å². The van der Waals surface area contributed by atoms with Crippen LogP contribution in [0.25, 0.3) is 10.9 Å². The zero-order chi connectivity index (χ0) is 24.2. The first kappa shape index (κ1) is 23.5. The molecule has 1 amide bonds. The van der Waals surface area contributed by atoms with Crippen LogP contribution in [-0.2, 0) is 4.74 Å². The zero-order valence-electron chi connectivity index (χ0n) is 19.8. The minimum Gasteiger partial charge on any atom is -0.495 e. The van der Waals surface area contributed by atoms with Gasteiger partial charge in [-0.2, -0.15) is 0 Å². The third-order valence-electron chi connectivity index (χ3n) is 6.61. The van der Waals surface area contributed by atoms with Crippen LogP contribution in [0.5, 0.6) is 5.75 Å². The van der Waals surface area contributed by atoms with Gasteiger partial charge in [-0.05, 0) is 36.4 Å². The number of nitrogens with zero attached hydrogens (tertiary/aromatic N) is 4. The number of fused-ring (bicyclic) bond motifs is 1. The Morgan fingerprint density at radius 1 is 1.14 bits per heavy atom. The fourth-order valence-corrected chi connectivity index (χ4v) is 4.97. The van der Waals surface area contributed by atoms with Crippen molar-refractivity contribution in [3.8, 4) is 5.75 Å². The van der Waals surface area contributed by atoms with E-state index in [0.29, 0.717) is 24.7 Å². The average molecular weight is 496 g/mol. The van der Waals surface area contributed by atoms with Crippen LogP contribution in [0.1, 0.15) is 0 Å². The molecule has 3 heterocycles. The van der Waals surface area contributed by atoms with Crippen LogP contribution in [0.3, 0.4) is 0 Å². The van der Waals surface area contributed by atoms with E-state index in [4.69, 9.17) is 21.1 Å². The molecular formula is C26H30ClN5O3. The lowest BCUT2D eigenvalue weighted by atomic mass is 10.2. The van der Waals surface area contributed by atoms with Crippen molar-refractivity contribution in [2.45, 2.75) is 6.10 Å². The van der Waals surface area contributed by atoms with Gasteiger partial charge in [0.25, 0.3) is 0 Å². The van der Waals surface area contributed by atoms with E-state index in [1.165, 1.54) is 0 Å². The van der Waals surface area contributed by atoms with E-state index in [2.05, 4.69) is 26.2 Å². The van der Waals surface area contributed by atoms with Crippen molar-refractivity contribution in [2.24, 2.45) is 0 Å². The maximum absolute atomic E-state index is 12.4. The molecule has 2 aromatic carbocycles. The van der Waals surface area contributed by atoms with E-state index in [9.17, 15) is 4.79 Å². The third-order valence-corrected chi connectivity index (χ3v) is 6.85. The van der Waals surface area contributed by atoms with Gasteiger partial charge >= 0.3 is 6.09 Å². The number of amides is 1. The van der Waals surface area contributed by atoms with Gasteiger partial charge in [-0.3, -0.25) is 9.88 Å². The summed E-state index contributed by atoms with van der Waals surface area (Å²) in [5.74, 6) is 0.901. The van der Waals surface area contributed by atoms with Crippen molar-refractivity contribution in [3.05, 3.63) is 59.8 Å². The van der Waals surface area contributed by atoms with Crippen LogP contribution in [-0.4, -0.2) is 86.4 Å². The second kappa shape index (κ2) is 10.6. The second-order valence-corrected chi connectivity index (χ2v) is 9.29.